The van der Waals surface area contributed by atoms with Crippen molar-refractivity contribution >= 4 is 18.3 Å². The molecule has 0 aliphatic carbocycles. The molecule has 4 nitrogen and oxygen atoms in total. The molecule has 1 aromatic rings. The van der Waals surface area contributed by atoms with Crippen molar-refractivity contribution in [2.45, 2.75) is 26.0 Å². The first-order chi connectivity index (χ1) is 8.76. The van der Waals surface area contributed by atoms with Crippen LogP contribution in [0.25, 0.3) is 0 Å². The standard InChI is InChI=1S/C14H22N2O2.ClH/c1-15-8-4-7-14(17)16-10-12-5-3-6-13(9-12)11-18-2;/h3,5-6,9,15H,4,7-8,10-11H2,1-2H3,(H,16,17);1H. The Hall–Kier alpha value is -1.10. The van der Waals surface area contributed by atoms with Crippen molar-refractivity contribution in [3.8, 4) is 0 Å². The first-order valence-corrected chi connectivity index (χ1v) is 6.24. The normalized spacial score (nSPS) is 9.79. The van der Waals surface area contributed by atoms with Gasteiger partial charge in [0, 0.05) is 20.1 Å². The lowest BCUT2D eigenvalue weighted by molar-refractivity contribution is -0.121. The Morgan fingerprint density at radius 3 is 2.74 bits per heavy atom. The van der Waals surface area contributed by atoms with Gasteiger partial charge in [0.05, 0.1) is 6.61 Å². The van der Waals surface area contributed by atoms with Gasteiger partial charge in [-0.3, -0.25) is 4.79 Å². The molecule has 19 heavy (non-hydrogen) atoms. The van der Waals surface area contributed by atoms with Gasteiger partial charge in [0.25, 0.3) is 0 Å². The minimum absolute atomic E-state index is 0. The number of hydrogen-bond donors (Lipinski definition) is 2. The maximum absolute atomic E-state index is 11.5. The second-order valence-electron chi connectivity index (χ2n) is 4.24. The van der Waals surface area contributed by atoms with E-state index in [-0.39, 0.29) is 18.3 Å². The van der Waals surface area contributed by atoms with Gasteiger partial charge in [0.15, 0.2) is 0 Å². The van der Waals surface area contributed by atoms with E-state index < -0.39 is 0 Å². The van der Waals surface area contributed by atoms with Crippen molar-refractivity contribution in [3.05, 3.63) is 35.4 Å². The molecule has 108 valence electrons. The minimum atomic E-state index is 0. The number of carbonyl (C=O) groups is 1. The topological polar surface area (TPSA) is 50.4 Å². The van der Waals surface area contributed by atoms with Crippen LogP contribution in [0.2, 0.25) is 0 Å². The van der Waals surface area contributed by atoms with Gasteiger partial charge in [-0.2, -0.15) is 0 Å². The van der Waals surface area contributed by atoms with Gasteiger partial charge in [0.1, 0.15) is 0 Å². The van der Waals surface area contributed by atoms with E-state index in [2.05, 4.69) is 16.7 Å². The molecule has 0 radical (unpaired) electrons. The van der Waals surface area contributed by atoms with Crippen LogP contribution in [-0.2, 0) is 22.7 Å². The van der Waals surface area contributed by atoms with Crippen LogP contribution in [0.3, 0.4) is 0 Å². The third-order valence-electron chi connectivity index (χ3n) is 2.62. The van der Waals surface area contributed by atoms with Crippen molar-refractivity contribution < 1.29 is 9.53 Å². The molecule has 0 unspecified atom stereocenters. The molecule has 0 aliphatic heterocycles. The minimum Gasteiger partial charge on any atom is -0.380 e. The van der Waals surface area contributed by atoms with Crippen LogP contribution < -0.4 is 10.6 Å². The van der Waals surface area contributed by atoms with E-state index >= 15 is 0 Å². The summed E-state index contributed by atoms with van der Waals surface area (Å²) in [6.45, 7) is 2.05. The summed E-state index contributed by atoms with van der Waals surface area (Å²) in [7, 11) is 3.56. The van der Waals surface area contributed by atoms with Crippen LogP contribution in [-0.4, -0.2) is 26.6 Å². The van der Waals surface area contributed by atoms with Crippen molar-refractivity contribution in [2.24, 2.45) is 0 Å². The fourth-order valence-electron chi connectivity index (χ4n) is 1.71. The summed E-state index contributed by atoms with van der Waals surface area (Å²) in [5, 5.41) is 5.94. The largest absolute Gasteiger partial charge is 0.380 e. The van der Waals surface area contributed by atoms with Crippen molar-refractivity contribution in [1.82, 2.24) is 10.6 Å². The maximum atomic E-state index is 11.5. The van der Waals surface area contributed by atoms with Gasteiger partial charge >= 0.3 is 0 Å². The Morgan fingerprint density at radius 2 is 2.05 bits per heavy atom. The number of rotatable bonds is 8. The maximum Gasteiger partial charge on any atom is 0.220 e. The lowest BCUT2D eigenvalue weighted by Gasteiger charge is -2.07. The Labute approximate surface area is 121 Å². The number of benzene rings is 1. The van der Waals surface area contributed by atoms with E-state index in [1.807, 2.05) is 25.2 Å². The van der Waals surface area contributed by atoms with Crippen LogP contribution in [0.1, 0.15) is 24.0 Å². The van der Waals surface area contributed by atoms with Crippen LogP contribution in [0, 0.1) is 0 Å². The summed E-state index contributed by atoms with van der Waals surface area (Å²) in [6, 6.07) is 8.06. The van der Waals surface area contributed by atoms with E-state index in [1.54, 1.807) is 7.11 Å². The van der Waals surface area contributed by atoms with Gasteiger partial charge in [-0.05, 0) is 31.1 Å². The molecule has 1 aromatic carbocycles. The van der Waals surface area contributed by atoms with Crippen molar-refractivity contribution in [1.29, 1.82) is 0 Å². The molecular weight excluding hydrogens is 264 g/mol. The van der Waals surface area contributed by atoms with Gasteiger partial charge in [-0.1, -0.05) is 24.3 Å². The number of ether oxygens (including phenoxy) is 1. The molecule has 1 amide bonds. The van der Waals surface area contributed by atoms with Crippen molar-refractivity contribution in [3.63, 3.8) is 0 Å². The molecule has 1 rings (SSSR count). The summed E-state index contributed by atoms with van der Waals surface area (Å²) < 4.78 is 5.08. The van der Waals surface area contributed by atoms with Crippen LogP contribution in [0.15, 0.2) is 24.3 Å². The highest BCUT2D eigenvalue weighted by Gasteiger charge is 2.01. The average Bonchev–Trinajstić information content (AvgIpc) is 2.38. The third-order valence-corrected chi connectivity index (χ3v) is 2.62. The summed E-state index contributed by atoms with van der Waals surface area (Å²) >= 11 is 0. The lowest BCUT2D eigenvalue weighted by Crippen LogP contribution is -2.23. The Morgan fingerprint density at radius 1 is 1.32 bits per heavy atom. The van der Waals surface area contributed by atoms with Gasteiger partial charge in [-0.25, -0.2) is 0 Å². The van der Waals surface area contributed by atoms with Crippen LogP contribution in [0.4, 0.5) is 0 Å². The molecule has 0 bridgehead atoms. The molecule has 2 N–H and O–H groups in total. The van der Waals surface area contributed by atoms with E-state index in [4.69, 9.17) is 4.74 Å². The smallest absolute Gasteiger partial charge is 0.220 e. The number of methoxy groups -OCH3 is 1. The zero-order valence-electron chi connectivity index (χ0n) is 11.6. The third kappa shape index (κ3) is 7.82. The van der Waals surface area contributed by atoms with E-state index in [9.17, 15) is 4.79 Å². The molecule has 0 fully saturated rings. The molecule has 0 heterocycles. The molecule has 0 spiro atoms. The van der Waals surface area contributed by atoms with E-state index in [0.717, 1.165) is 24.1 Å². The monoisotopic (exact) mass is 286 g/mol. The molecular formula is C14H23ClN2O2. The highest BCUT2D eigenvalue weighted by Crippen LogP contribution is 2.06. The molecule has 0 saturated heterocycles. The number of amides is 1. The molecule has 5 heteroatoms. The number of nitrogens with one attached hydrogen (secondary N) is 2. The summed E-state index contributed by atoms with van der Waals surface area (Å²) in [5.41, 5.74) is 2.23. The first-order valence-electron chi connectivity index (χ1n) is 6.24. The fourth-order valence-corrected chi connectivity index (χ4v) is 1.71. The summed E-state index contributed by atoms with van der Waals surface area (Å²) in [6.07, 6.45) is 1.44. The zero-order chi connectivity index (χ0) is 13.2. The van der Waals surface area contributed by atoms with Gasteiger partial charge in [-0.15, -0.1) is 12.4 Å². The molecule has 0 saturated carbocycles. The molecule has 0 atom stereocenters. The second-order valence-corrected chi connectivity index (χ2v) is 4.24. The SMILES string of the molecule is CNCCCC(=O)NCc1cccc(COC)c1.Cl. The highest BCUT2D eigenvalue weighted by atomic mass is 35.5. The molecule has 0 aliphatic rings. The lowest BCUT2D eigenvalue weighted by atomic mass is 10.1. The molecule has 0 aromatic heterocycles. The fraction of sp³-hybridized carbons (Fsp3) is 0.500. The second kappa shape index (κ2) is 10.8. The van der Waals surface area contributed by atoms with Gasteiger partial charge < -0.3 is 15.4 Å². The predicted molar refractivity (Wildman–Crippen MR) is 79.4 cm³/mol. The van der Waals surface area contributed by atoms with E-state index in [1.165, 1.54) is 0 Å². The Balaban J connectivity index is 0.00000324. The number of halogens is 1. The summed E-state index contributed by atoms with van der Waals surface area (Å²) in [5.74, 6) is 0.0994. The van der Waals surface area contributed by atoms with Crippen LogP contribution in [0.5, 0.6) is 0 Å². The average molecular weight is 287 g/mol. The van der Waals surface area contributed by atoms with Crippen LogP contribution >= 0.6 is 12.4 Å². The first kappa shape index (κ1) is 17.9. The van der Waals surface area contributed by atoms with Gasteiger partial charge in [0.2, 0.25) is 5.91 Å². The highest BCUT2D eigenvalue weighted by molar-refractivity contribution is 5.85. The predicted octanol–water partition coefficient (Wildman–Crippen LogP) is 1.87. The number of carbonyl (C=O) groups excluding carboxylic acids is 1. The Kier molecular flexibility index (Phi) is 10.2. The number of hydrogen-bond acceptors (Lipinski definition) is 3. The zero-order valence-corrected chi connectivity index (χ0v) is 12.4. The summed E-state index contributed by atoms with van der Waals surface area (Å²) in [4.78, 5) is 11.5. The Bertz CT molecular complexity index is 372. The van der Waals surface area contributed by atoms with E-state index in [0.29, 0.717) is 19.6 Å². The quantitative estimate of drug-likeness (QED) is 0.718. The van der Waals surface area contributed by atoms with Crippen molar-refractivity contribution in [2.75, 3.05) is 20.7 Å².